The van der Waals surface area contributed by atoms with Gasteiger partial charge in [-0.25, -0.2) is 0 Å². The summed E-state index contributed by atoms with van der Waals surface area (Å²) in [5.74, 6) is -0.192. The fourth-order valence-corrected chi connectivity index (χ4v) is 4.67. The summed E-state index contributed by atoms with van der Waals surface area (Å²) in [6, 6.07) is 17.4. The Morgan fingerprint density at radius 1 is 1.00 bits per heavy atom. The van der Waals surface area contributed by atoms with Crippen LogP contribution in [0.4, 0.5) is 11.4 Å². The van der Waals surface area contributed by atoms with Crippen LogP contribution >= 0.6 is 0 Å². The van der Waals surface area contributed by atoms with E-state index in [1.807, 2.05) is 53.1 Å². The number of azo groups is 1. The van der Waals surface area contributed by atoms with Gasteiger partial charge >= 0.3 is 0 Å². The molecule has 1 aromatic heterocycles. The standard InChI is InChI=1S/C25H26N4O3/c1-25(2)16-17-8-6-7-11-19(17)22-20(23(30)28-12-14-32-15-13-28)21(24(31)29(22)25)27-26-18-9-4-3-5-10-18/h3-11,31H,12-16H2,1-2H3. The van der Waals surface area contributed by atoms with Gasteiger partial charge in [0.15, 0.2) is 5.69 Å². The number of carbonyl (C=O) groups is 1. The average Bonchev–Trinajstić information content (AvgIpc) is 3.11. The molecule has 1 N–H and O–H groups in total. The van der Waals surface area contributed by atoms with Crippen molar-refractivity contribution < 1.29 is 14.6 Å². The SMILES string of the molecule is CC1(C)Cc2ccccc2-c2c(C(=O)N3CCOCC3)c(N=Nc3ccccc3)c(O)n21. The van der Waals surface area contributed by atoms with E-state index in [9.17, 15) is 9.90 Å². The van der Waals surface area contributed by atoms with Crippen molar-refractivity contribution in [3.05, 3.63) is 65.7 Å². The quantitative estimate of drug-likeness (QED) is 0.591. The molecule has 1 saturated heterocycles. The molecule has 3 heterocycles. The van der Waals surface area contributed by atoms with E-state index in [0.29, 0.717) is 43.2 Å². The Morgan fingerprint density at radius 2 is 1.69 bits per heavy atom. The summed E-state index contributed by atoms with van der Waals surface area (Å²) in [7, 11) is 0. The van der Waals surface area contributed by atoms with Gasteiger partial charge in [-0.2, -0.15) is 5.11 Å². The second-order valence-electron chi connectivity index (χ2n) is 8.82. The zero-order valence-corrected chi connectivity index (χ0v) is 18.3. The van der Waals surface area contributed by atoms with Gasteiger partial charge in [0, 0.05) is 24.2 Å². The first-order valence-electron chi connectivity index (χ1n) is 10.9. The van der Waals surface area contributed by atoms with E-state index in [0.717, 1.165) is 17.5 Å². The number of amides is 1. The smallest absolute Gasteiger partial charge is 0.258 e. The van der Waals surface area contributed by atoms with E-state index in [4.69, 9.17) is 4.74 Å². The number of benzene rings is 2. The fourth-order valence-electron chi connectivity index (χ4n) is 4.67. The lowest BCUT2D eigenvalue weighted by atomic mass is 9.85. The summed E-state index contributed by atoms with van der Waals surface area (Å²) < 4.78 is 7.29. The van der Waals surface area contributed by atoms with Crippen LogP contribution in [0.5, 0.6) is 5.88 Å². The van der Waals surface area contributed by atoms with Crippen LogP contribution in [0.15, 0.2) is 64.8 Å². The molecule has 3 aromatic rings. The molecule has 32 heavy (non-hydrogen) atoms. The van der Waals surface area contributed by atoms with Crippen molar-refractivity contribution >= 4 is 17.3 Å². The van der Waals surface area contributed by atoms with Crippen LogP contribution in [-0.2, 0) is 16.7 Å². The van der Waals surface area contributed by atoms with Crippen LogP contribution < -0.4 is 0 Å². The second kappa shape index (κ2) is 7.91. The van der Waals surface area contributed by atoms with Crippen LogP contribution in [0.2, 0.25) is 0 Å². The van der Waals surface area contributed by atoms with E-state index >= 15 is 0 Å². The lowest BCUT2D eigenvalue weighted by molar-refractivity contribution is 0.0303. The maximum Gasteiger partial charge on any atom is 0.258 e. The minimum Gasteiger partial charge on any atom is -0.493 e. The molecule has 7 nitrogen and oxygen atoms in total. The van der Waals surface area contributed by atoms with Crippen molar-refractivity contribution in [3.8, 4) is 17.1 Å². The Kier molecular flexibility index (Phi) is 5.06. The molecule has 2 aliphatic heterocycles. The minimum atomic E-state index is -0.436. The van der Waals surface area contributed by atoms with Crippen LogP contribution in [0, 0.1) is 0 Å². The highest BCUT2D eigenvalue weighted by Gasteiger charge is 2.40. The maximum atomic E-state index is 13.8. The topological polar surface area (TPSA) is 79.4 Å². The third-order valence-electron chi connectivity index (χ3n) is 6.16. The van der Waals surface area contributed by atoms with E-state index in [2.05, 4.69) is 30.1 Å². The Bertz CT molecular complexity index is 1190. The minimum absolute atomic E-state index is 0.0317. The molecule has 5 rings (SSSR count). The molecule has 0 unspecified atom stereocenters. The molecule has 0 saturated carbocycles. The molecule has 1 amide bonds. The number of hydrogen-bond donors (Lipinski definition) is 1. The molecule has 0 radical (unpaired) electrons. The van der Waals surface area contributed by atoms with Gasteiger partial charge in [-0.1, -0.05) is 42.5 Å². The van der Waals surface area contributed by atoms with E-state index < -0.39 is 5.54 Å². The molecule has 0 atom stereocenters. The highest BCUT2D eigenvalue weighted by molar-refractivity contribution is 6.07. The zero-order valence-electron chi connectivity index (χ0n) is 18.3. The maximum absolute atomic E-state index is 13.8. The third-order valence-corrected chi connectivity index (χ3v) is 6.16. The Hall–Kier alpha value is -3.45. The van der Waals surface area contributed by atoms with Gasteiger partial charge in [-0.15, -0.1) is 5.11 Å². The summed E-state index contributed by atoms with van der Waals surface area (Å²) in [5.41, 5.74) is 3.61. The van der Waals surface area contributed by atoms with Crippen molar-refractivity contribution in [1.29, 1.82) is 0 Å². The van der Waals surface area contributed by atoms with Gasteiger partial charge < -0.3 is 19.3 Å². The lowest BCUT2D eigenvalue weighted by Crippen LogP contribution is -2.41. The molecule has 2 aromatic carbocycles. The largest absolute Gasteiger partial charge is 0.493 e. The number of morpholine rings is 1. The first-order chi connectivity index (χ1) is 15.5. The predicted molar refractivity (Wildman–Crippen MR) is 122 cm³/mol. The number of carbonyl (C=O) groups excluding carboxylic acids is 1. The van der Waals surface area contributed by atoms with Crippen LogP contribution in [-0.4, -0.2) is 46.8 Å². The van der Waals surface area contributed by atoms with Gasteiger partial charge in [-0.05, 0) is 38.0 Å². The zero-order chi connectivity index (χ0) is 22.3. The summed E-state index contributed by atoms with van der Waals surface area (Å²) in [6.45, 7) is 6.13. The van der Waals surface area contributed by atoms with Gasteiger partial charge in [0.1, 0.15) is 0 Å². The Morgan fingerprint density at radius 3 is 2.44 bits per heavy atom. The van der Waals surface area contributed by atoms with Crippen molar-refractivity contribution in [2.75, 3.05) is 26.3 Å². The Labute approximate surface area is 187 Å². The van der Waals surface area contributed by atoms with Crippen molar-refractivity contribution in [2.45, 2.75) is 25.8 Å². The first kappa shape index (κ1) is 20.5. The first-order valence-corrected chi connectivity index (χ1v) is 10.9. The number of ether oxygens (including phenoxy) is 1. The van der Waals surface area contributed by atoms with Gasteiger partial charge in [0.2, 0.25) is 5.88 Å². The molecular weight excluding hydrogens is 404 g/mol. The van der Waals surface area contributed by atoms with Crippen molar-refractivity contribution in [2.24, 2.45) is 10.2 Å². The van der Waals surface area contributed by atoms with Gasteiger partial charge in [-0.3, -0.25) is 4.79 Å². The second-order valence-corrected chi connectivity index (χ2v) is 8.82. The Balaban J connectivity index is 1.74. The van der Waals surface area contributed by atoms with Crippen molar-refractivity contribution in [3.63, 3.8) is 0 Å². The number of fused-ring (bicyclic) bond motifs is 3. The van der Waals surface area contributed by atoms with Gasteiger partial charge in [0.25, 0.3) is 5.91 Å². The molecule has 0 spiro atoms. The molecule has 164 valence electrons. The fraction of sp³-hybridized carbons (Fsp3) is 0.320. The summed E-state index contributed by atoms with van der Waals surface area (Å²) in [6.07, 6.45) is 0.735. The molecule has 0 aliphatic carbocycles. The summed E-state index contributed by atoms with van der Waals surface area (Å²) in [4.78, 5) is 15.6. The third kappa shape index (κ3) is 3.39. The van der Waals surface area contributed by atoms with Crippen LogP contribution in [0.25, 0.3) is 11.3 Å². The van der Waals surface area contributed by atoms with Crippen LogP contribution in [0.1, 0.15) is 29.8 Å². The number of aromatic nitrogens is 1. The summed E-state index contributed by atoms with van der Waals surface area (Å²) >= 11 is 0. The molecule has 0 bridgehead atoms. The number of rotatable bonds is 3. The highest BCUT2D eigenvalue weighted by atomic mass is 16.5. The van der Waals surface area contributed by atoms with E-state index in [1.165, 1.54) is 0 Å². The average molecular weight is 431 g/mol. The van der Waals surface area contributed by atoms with Gasteiger partial charge in [0.05, 0.1) is 30.2 Å². The molecule has 7 heteroatoms. The number of aromatic hydroxyl groups is 1. The van der Waals surface area contributed by atoms with Crippen molar-refractivity contribution in [1.82, 2.24) is 9.47 Å². The number of hydrogen-bond acceptors (Lipinski definition) is 5. The van der Waals surface area contributed by atoms with E-state index in [1.54, 1.807) is 4.90 Å². The predicted octanol–water partition coefficient (Wildman–Crippen LogP) is 5.04. The highest BCUT2D eigenvalue weighted by Crippen LogP contribution is 2.50. The van der Waals surface area contributed by atoms with Crippen LogP contribution in [0.3, 0.4) is 0 Å². The normalized spacial score (nSPS) is 17.2. The lowest BCUT2D eigenvalue weighted by Gasteiger charge is -2.36. The molecular formula is C25H26N4O3. The summed E-state index contributed by atoms with van der Waals surface area (Å²) in [5, 5.41) is 20.1. The molecule has 1 fully saturated rings. The monoisotopic (exact) mass is 430 g/mol. The number of nitrogens with zero attached hydrogens (tertiary/aromatic N) is 4. The van der Waals surface area contributed by atoms with E-state index in [-0.39, 0.29) is 17.5 Å². The molecule has 2 aliphatic rings.